The first-order chi connectivity index (χ1) is 13.1. The van der Waals surface area contributed by atoms with Gasteiger partial charge >= 0.3 is 6.18 Å². The number of halogens is 3. The molecule has 0 spiro atoms. The van der Waals surface area contributed by atoms with E-state index in [0.29, 0.717) is 0 Å². The maximum Gasteiger partial charge on any atom is 0.416 e. The van der Waals surface area contributed by atoms with Gasteiger partial charge in [0, 0.05) is 17.7 Å². The Kier molecular flexibility index (Phi) is 5.56. The molecule has 1 amide bonds. The van der Waals surface area contributed by atoms with Crippen molar-refractivity contribution in [2.75, 3.05) is 18.8 Å². The summed E-state index contributed by atoms with van der Waals surface area (Å²) in [5, 5.41) is 12.5. The third kappa shape index (κ3) is 4.23. The summed E-state index contributed by atoms with van der Waals surface area (Å²) in [6.07, 6.45) is -0.0676. The van der Waals surface area contributed by atoms with Gasteiger partial charge in [-0.1, -0.05) is 0 Å². The molecule has 5 nitrogen and oxygen atoms in total. The van der Waals surface area contributed by atoms with Crippen molar-refractivity contribution in [3.05, 3.63) is 29.3 Å². The van der Waals surface area contributed by atoms with Crippen LogP contribution < -0.4 is 10.0 Å². The van der Waals surface area contributed by atoms with Crippen LogP contribution in [0.25, 0.3) is 0 Å². The van der Waals surface area contributed by atoms with Gasteiger partial charge in [0.25, 0.3) is 5.91 Å². The van der Waals surface area contributed by atoms with E-state index in [-0.39, 0.29) is 28.1 Å². The molecule has 4 rings (SSSR count). The van der Waals surface area contributed by atoms with E-state index in [1.807, 2.05) is 0 Å². The Labute approximate surface area is 166 Å². The fourth-order valence-electron chi connectivity index (χ4n) is 3.99. The number of alkyl halides is 3. The predicted molar refractivity (Wildman–Crippen MR) is 102 cm³/mol. The van der Waals surface area contributed by atoms with Crippen molar-refractivity contribution in [2.45, 2.75) is 50.2 Å². The normalized spacial score (nSPS) is 26.8. The van der Waals surface area contributed by atoms with E-state index in [0.717, 1.165) is 62.8 Å². The molecule has 3 saturated carbocycles. The van der Waals surface area contributed by atoms with Crippen LogP contribution in [0.15, 0.2) is 18.2 Å². The van der Waals surface area contributed by atoms with Crippen molar-refractivity contribution in [3.8, 4) is 6.07 Å². The predicted octanol–water partition coefficient (Wildman–Crippen LogP) is 4.59. The first-order valence-corrected chi connectivity index (χ1v) is 9.91. The highest BCUT2D eigenvalue weighted by molar-refractivity contribution is 7.98. The molecule has 28 heavy (non-hydrogen) atoms. The SMILES string of the molecule is CN(C)SNc1cc(C(F)(F)F)ccc1C(=O)NC12CCC(C#N)(CC1)CC2. The second-order valence-corrected chi connectivity index (χ2v) is 9.01. The molecule has 3 aliphatic carbocycles. The van der Waals surface area contributed by atoms with Crippen LogP contribution in [0.3, 0.4) is 0 Å². The highest BCUT2D eigenvalue weighted by Gasteiger charge is 2.49. The lowest BCUT2D eigenvalue weighted by Crippen LogP contribution is -2.56. The number of nitrogens with one attached hydrogen (secondary N) is 2. The summed E-state index contributed by atoms with van der Waals surface area (Å²) in [6, 6.07) is 5.54. The van der Waals surface area contributed by atoms with E-state index in [2.05, 4.69) is 16.1 Å². The zero-order valence-corrected chi connectivity index (χ0v) is 16.6. The number of hydrogen-bond acceptors (Lipinski definition) is 5. The number of carbonyl (C=O) groups is 1. The molecule has 0 saturated heterocycles. The standard InChI is InChI=1S/C19H23F3N4OS/c1-26(2)28-25-15-11-13(19(20,21)22)3-4-14(15)16(27)24-18-8-5-17(12-23,6-9-18)7-10-18/h3-4,11,25H,5-10H2,1-2H3,(H,24,27). The Hall–Kier alpha value is -1.92. The van der Waals surface area contributed by atoms with Gasteiger partial charge in [-0.05, 0) is 70.8 Å². The third-order valence-corrected chi connectivity index (χ3v) is 6.47. The first-order valence-electron chi connectivity index (χ1n) is 9.14. The van der Waals surface area contributed by atoms with Crippen molar-refractivity contribution in [3.63, 3.8) is 0 Å². The van der Waals surface area contributed by atoms with E-state index in [9.17, 15) is 23.2 Å². The Morgan fingerprint density at radius 2 is 1.79 bits per heavy atom. The molecule has 0 radical (unpaired) electrons. The van der Waals surface area contributed by atoms with Crippen LogP contribution >= 0.6 is 12.1 Å². The van der Waals surface area contributed by atoms with Crippen LogP contribution in [0.2, 0.25) is 0 Å². The van der Waals surface area contributed by atoms with Gasteiger partial charge in [0.05, 0.1) is 28.3 Å². The summed E-state index contributed by atoms with van der Waals surface area (Å²) in [5.41, 5.74) is -1.14. The first kappa shape index (κ1) is 20.8. The average Bonchev–Trinajstić information content (AvgIpc) is 2.66. The molecule has 0 heterocycles. The molecule has 3 fully saturated rings. The Bertz CT molecular complexity index is 779. The van der Waals surface area contributed by atoms with Gasteiger partial charge in [0.2, 0.25) is 0 Å². The van der Waals surface area contributed by atoms with Crippen LogP contribution in [0.4, 0.5) is 18.9 Å². The minimum absolute atomic E-state index is 0.125. The van der Waals surface area contributed by atoms with Gasteiger partial charge in [-0.2, -0.15) is 18.4 Å². The number of anilines is 1. The lowest BCUT2D eigenvalue weighted by atomic mass is 9.58. The minimum atomic E-state index is -4.49. The maximum atomic E-state index is 13.1. The van der Waals surface area contributed by atoms with Gasteiger partial charge in [-0.3, -0.25) is 4.79 Å². The molecular weight excluding hydrogens is 389 g/mol. The maximum absolute atomic E-state index is 13.1. The van der Waals surface area contributed by atoms with Gasteiger partial charge in [-0.25, -0.2) is 4.31 Å². The molecule has 0 unspecified atom stereocenters. The van der Waals surface area contributed by atoms with Crippen LogP contribution in [-0.2, 0) is 6.18 Å². The molecule has 1 aromatic carbocycles. The van der Waals surface area contributed by atoms with Gasteiger partial charge in [0.1, 0.15) is 0 Å². The summed E-state index contributed by atoms with van der Waals surface area (Å²) in [7, 11) is 3.49. The lowest BCUT2D eigenvalue weighted by Gasteiger charge is -2.50. The number of nitriles is 1. The van der Waals surface area contributed by atoms with Crippen molar-refractivity contribution in [2.24, 2.45) is 5.41 Å². The van der Waals surface area contributed by atoms with Gasteiger partial charge in [-0.15, -0.1) is 0 Å². The van der Waals surface area contributed by atoms with Crippen LogP contribution in [0.1, 0.15) is 54.4 Å². The van der Waals surface area contributed by atoms with E-state index in [1.165, 1.54) is 6.07 Å². The summed E-state index contributed by atoms with van der Waals surface area (Å²) in [5.74, 6) is -0.387. The monoisotopic (exact) mass is 412 g/mol. The zero-order valence-electron chi connectivity index (χ0n) is 15.8. The van der Waals surface area contributed by atoms with Crippen LogP contribution in [0.5, 0.6) is 0 Å². The Balaban J connectivity index is 1.82. The van der Waals surface area contributed by atoms with Gasteiger partial charge < -0.3 is 10.0 Å². The quantitative estimate of drug-likeness (QED) is 0.693. The fourth-order valence-corrected chi connectivity index (χ4v) is 4.44. The number of nitrogens with zero attached hydrogens (tertiary/aromatic N) is 2. The third-order valence-electron chi connectivity index (χ3n) is 5.79. The molecule has 0 aromatic heterocycles. The summed E-state index contributed by atoms with van der Waals surface area (Å²) < 4.78 is 43.8. The molecule has 3 aliphatic rings. The lowest BCUT2D eigenvalue weighted by molar-refractivity contribution is -0.137. The van der Waals surface area contributed by atoms with Crippen LogP contribution in [0, 0.1) is 16.7 Å². The molecule has 2 bridgehead atoms. The Morgan fingerprint density at radius 1 is 1.18 bits per heavy atom. The number of carbonyl (C=O) groups excluding carboxylic acids is 1. The largest absolute Gasteiger partial charge is 0.416 e. The van der Waals surface area contributed by atoms with Crippen molar-refractivity contribution in [1.82, 2.24) is 9.62 Å². The molecule has 9 heteroatoms. The molecule has 0 atom stereocenters. The van der Waals surface area contributed by atoms with E-state index < -0.39 is 11.7 Å². The molecular formula is C19H23F3N4OS. The second kappa shape index (κ2) is 7.48. The van der Waals surface area contributed by atoms with Crippen molar-refractivity contribution < 1.29 is 18.0 Å². The number of benzene rings is 1. The summed E-state index contributed by atoms with van der Waals surface area (Å²) in [6.45, 7) is 0. The number of amides is 1. The summed E-state index contributed by atoms with van der Waals surface area (Å²) in [4.78, 5) is 12.9. The average molecular weight is 412 g/mol. The number of rotatable bonds is 5. The molecule has 152 valence electrons. The Morgan fingerprint density at radius 3 is 2.29 bits per heavy atom. The highest BCUT2D eigenvalue weighted by atomic mass is 32.2. The summed E-state index contributed by atoms with van der Waals surface area (Å²) >= 11 is 1.10. The van der Waals surface area contributed by atoms with Crippen LogP contribution in [-0.4, -0.2) is 29.8 Å². The van der Waals surface area contributed by atoms with Crippen molar-refractivity contribution >= 4 is 23.7 Å². The van der Waals surface area contributed by atoms with E-state index in [1.54, 1.807) is 18.4 Å². The van der Waals surface area contributed by atoms with Crippen molar-refractivity contribution in [1.29, 1.82) is 5.26 Å². The molecule has 0 aliphatic heterocycles. The van der Waals surface area contributed by atoms with Gasteiger partial charge in [0.15, 0.2) is 0 Å². The second-order valence-electron chi connectivity index (χ2n) is 7.89. The number of fused-ring (bicyclic) bond motifs is 3. The topological polar surface area (TPSA) is 68.2 Å². The fraction of sp³-hybridized carbons (Fsp3) is 0.579. The smallest absolute Gasteiger partial charge is 0.347 e. The van der Waals surface area contributed by atoms with E-state index >= 15 is 0 Å². The number of hydrogen-bond donors (Lipinski definition) is 2. The van der Waals surface area contributed by atoms with E-state index in [4.69, 9.17) is 0 Å². The zero-order chi connectivity index (χ0) is 20.6. The molecule has 1 aromatic rings. The highest BCUT2D eigenvalue weighted by Crippen LogP contribution is 2.52. The molecule has 2 N–H and O–H groups in total. The minimum Gasteiger partial charge on any atom is -0.347 e.